The maximum atomic E-state index is 14.0. The molecule has 84 heavy (non-hydrogen) atoms. The molecule has 7 aromatic rings. The lowest BCUT2D eigenvalue weighted by atomic mass is 9.89. The van der Waals surface area contributed by atoms with Crippen LogP contribution in [0.1, 0.15) is 78.6 Å². The van der Waals surface area contributed by atoms with Crippen LogP contribution in [0.5, 0.6) is 23.0 Å². The Labute approximate surface area is 485 Å². The van der Waals surface area contributed by atoms with Gasteiger partial charge in [-0.2, -0.15) is 0 Å². The molecule has 4 aromatic carbocycles. The molecule has 5 heterocycles. The second-order valence-corrected chi connectivity index (χ2v) is 19.8. The quantitative estimate of drug-likeness (QED) is 0.0384. The number of aromatic nitrogens is 3. The number of fused-ring (bicyclic) bond motifs is 7. The summed E-state index contributed by atoms with van der Waals surface area (Å²) >= 11 is 0. The molecule has 8 bridgehead atoms. The molecule has 9 rings (SSSR count). The van der Waals surface area contributed by atoms with Gasteiger partial charge in [-0.3, -0.25) is 19.2 Å². The van der Waals surface area contributed by atoms with Crippen molar-refractivity contribution in [2.24, 2.45) is 4.99 Å². The van der Waals surface area contributed by atoms with Crippen LogP contribution >= 0.6 is 0 Å². The number of nitrogens with zero attached hydrogens (tertiary/aromatic N) is 1. The first kappa shape index (κ1) is 59.2. The molecule has 0 fully saturated rings. The molecule has 0 saturated carbocycles. The minimum absolute atomic E-state index is 0.331. The van der Waals surface area contributed by atoms with Gasteiger partial charge in [-0.25, -0.2) is 4.99 Å². The number of hydrogen-bond donors (Lipinski definition) is 7. The van der Waals surface area contributed by atoms with Crippen LogP contribution in [0, 0.1) is 0 Å². The van der Waals surface area contributed by atoms with Crippen molar-refractivity contribution in [3.63, 3.8) is 0 Å². The van der Waals surface area contributed by atoms with Gasteiger partial charge in [0.05, 0.1) is 68.3 Å². The minimum atomic E-state index is -0.861. The summed E-state index contributed by atoms with van der Waals surface area (Å²) in [5.74, 6) is -0.679. The number of hydrogen-bond acceptors (Lipinski definition) is 13. The molecule has 2 aliphatic heterocycles. The number of ether oxygens (including phenoxy) is 8. The Morgan fingerprint density at radius 2 is 0.786 bits per heavy atom. The van der Waals surface area contributed by atoms with E-state index in [9.17, 15) is 19.2 Å². The third kappa shape index (κ3) is 11.6. The lowest BCUT2D eigenvalue weighted by Gasteiger charge is -2.25. The Balaban J connectivity index is 1.48. The fourth-order valence-electron chi connectivity index (χ4n) is 10.2. The van der Waals surface area contributed by atoms with E-state index < -0.39 is 54.0 Å². The molecular weight excluding hydrogens is 1070 g/mol. The Kier molecular flexibility index (Phi) is 18.1. The van der Waals surface area contributed by atoms with Crippen LogP contribution in [0.25, 0.3) is 16.7 Å². The molecule has 2 aliphatic rings. The summed E-state index contributed by atoms with van der Waals surface area (Å²) in [4.78, 5) is 72.7. The van der Waals surface area contributed by atoms with Crippen LogP contribution in [0.15, 0.2) is 132 Å². The van der Waals surface area contributed by atoms with E-state index in [-0.39, 0.29) is 0 Å². The maximum absolute atomic E-state index is 14.0. The number of nitrogens with one attached hydrogen (secondary N) is 7. The molecule has 20 heteroatoms. The second-order valence-electron chi connectivity index (χ2n) is 19.8. The number of rotatable bonds is 20. The van der Waals surface area contributed by atoms with Crippen molar-refractivity contribution in [1.82, 2.24) is 15.0 Å². The van der Waals surface area contributed by atoms with Crippen LogP contribution in [-0.4, -0.2) is 126 Å². The Morgan fingerprint density at radius 1 is 0.417 bits per heavy atom. The summed E-state index contributed by atoms with van der Waals surface area (Å²) in [6.07, 6.45) is 0.312. The molecule has 0 radical (unpaired) electrons. The van der Waals surface area contributed by atoms with Gasteiger partial charge in [0.15, 0.2) is 0 Å². The van der Waals surface area contributed by atoms with Gasteiger partial charge in [0.25, 0.3) is 23.6 Å². The van der Waals surface area contributed by atoms with E-state index >= 15 is 0 Å². The fraction of sp³-hybridized carbons (Fsp3) is 0.266. The Hall–Kier alpha value is -9.47. The highest BCUT2D eigenvalue weighted by atomic mass is 16.5. The molecule has 436 valence electrons. The highest BCUT2D eigenvalue weighted by Gasteiger charge is 2.33. The predicted molar refractivity (Wildman–Crippen MR) is 322 cm³/mol. The number of carbonyl (C=O) groups excluding carboxylic acids is 4. The fourth-order valence-corrected chi connectivity index (χ4v) is 10.2. The van der Waals surface area contributed by atoms with Gasteiger partial charge in [-0.15, -0.1) is 0 Å². The van der Waals surface area contributed by atoms with Crippen LogP contribution in [0.3, 0.4) is 0 Å². The van der Waals surface area contributed by atoms with Crippen molar-refractivity contribution in [2.45, 2.75) is 58.0 Å². The molecule has 0 spiro atoms. The molecule has 20 nitrogen and oxygen atoms in total. The van der Waals surface area contributed by atoms with Gasteiger partial charge in [0.1, 0.15) is 47.4 Å². The molecule has 3 aromatic heterocycles. The third-order valence-corrected chi connectivity index (χ3v) is 14.9. The highest BCUT2D eigenvalue weighted by molar-refractivity contribution is 6.33. The van der Waals surface area contributed by atoms with Crippen LogP contribution in [0.2, 0.25) is 0 Å². The van der Waals surface area contributed by atoms with E-state index in [0.717, 1.165) is 0 Å². The predicted octanol–water partition coefficient (Wildman–Crippen LogP) is 8.01. The zero-order valence-corrected chi connectivity index (χ0v) is 48.8. The van der Waals surface area contributed by atoms with Gasteiger partial charge in [-0.05, 0) is 125 Å². The van der Waals surface area contributed by atoms with Crippen molar-refractivity contribution < 1.29 is 57.1 Å². The second kappa shape index (κ2) is 25.8. The molecular formula is C64H68N8O12. The number of allylic oxidation sites excluding steroid dienone is 2. The zero-order valence-electron chi connectivity index (χ0n) is 48.8. The van der Waals surface area contributed by atoms with Crippen LogP contribution < -0.4 is 50.9 Å². The molecule has 4 amide bonds. The number of amides is 4. The van der Waals surface area contributed by atoms with E-state index in [1.54, 1.807) is 92.5 Å². The van der Waals surface area contributed by atoms with Crippen molar-refractivity contribution in [3.05, 3.63) is 183 Å². The SMILES string of the molecule is COc1cccc(OC)c1C1=C2C=CC(=N2)C(c2c(NC(=O)[C@@H](C)OC)cccc2NC(=O)[C@@H](C)OC)=c2ccc([nH]2)=C(c2c(OC)cccc2OC)c2ccc([nH]2)C(c2c(NC(=O)[C@@H](C)OC)cccc2NC(=O)[C@@H](C)OC)c2ccc1[nH]2. The number of aliphatic imine (C=N–C) groups is 1. The zero-order chi connectivity index (χ0) is 59.9. The Bertz CT molecular complexity index is 3760. The topological polar surface area (TPSA) is 250 Å². The maximum Gasteiger partial charge on any atom is 0.253 e. The first-order valence-corrected chi connectivity index (χ1v) is 27.0. The average molecular weight is 1140 g/mol. The van der Waals surface area contributed by atoms with Gasteiger partial charge in [0.2, 0.25) is 0 Å². The van der Waals surface area contributed by atoms with E-state index in [1.807, 2.05) is 84.9 Å². The molecule has 5 atom stereocenters. The standard InChI is InChI=1S/C64H68N8O12/c1-33(77-5)61(73)69-37-17-13-18-38(70-62(74)34(2)78-6)53(37)55-41-25-29-45(65-41)57(59-49(81-9)21-15-22-50(59)82-10)47-31-27-43(67-47)56(54-39(71-63(75)35(3)79-7)19-14-20-40(54)72-64(76)36(4)80-8)44-28-32-48(68-44)58(46-30-26-42(55)66-46)60-51(83-11)23-16-24-52(60)84-12/h13-36,55,65-67H,1-12H3,(H,69,73)(H,70,74)(H,71,75)(H,72,76)/t33-,34-,35-,36-,55?/m1/s1. The molecule has 0 aliphatic carbocycles. The smallest absolute Gasteiger partial charge is 0.253 e. The van der Waals surface area contributed by atoms with E-state index in [4.69, 9.17) is 42.9 Å². The number of benzene rings is 4. The van der Waals surface area contributed by atoms with Gasteiger partial charge >= 0.3 is 0 Å². The first-order chi connectivity index (χ1) is 40.6. The summed E-state index contributed by atoms with van der Waals surface area (Å²) in [5.41, 5.74) is 8.32. The monoisotopic (exact) mass is 1140 g/mol. The summed E-state index contributed by atoms with van der Waals surface area (Å²) in [6, 6.07) is 33.0. The van der Waals surface area contributed by atoms with Gasteiger partial charge in [-0.1, -0.05) is 24.3 Å². The third-order valence-electron chi connectivity index (χ3n) is 14.9. The lowest BCUT2D eigenvalue weighted by molar-refractivity contribution is -0.125. The number of methoxy groups -OCH3 is 8. The van der Waals surface area contributed by atoms with Crippen molar-refractivity contribution in [2.75, 3.05) is 78.1 Å². The van der Waals surface area contributed by atoms with Crippen molar-refractivity contribution >= 4 is 68.8 Å². The highest BCUT2D eigenvalue weighted by Crippen LogP contribution is 2.46. The number of carbonyl (C=O) groups is 4. The van der Waals surface area contributed by atoms with Crippen LogP contribution in [0.4, 0.5) is 22.7 Å². The normalized spacial score (nSPS) is 15.1. The van der Waals surface area contributed by atoms with Gasteiger partial charge in [0, 0.05) is 101 Å². The number of anilines is 4. The van der Waals surface area contributed by atoms with Crippen LogP contribution in [-0.2, 0) is 38.1 Å². The summed E-state index contributed by atoms with van der Waals surface area (Å²) in [7, 11) is 12.1. The van der Waals surface area contributed by atoms with Crippen molar-refractivity contribution in [1.29, 1.82) is 0 Å². The van der Waals surface area contributed by atoms with Gasteiger partial charge < -0.3 is 74.1 Å². The number of H-pyrrole nitrogens is 3. The molecule has 0 saturated heterocycles. The minimum Gasteiger partial charge on any atom is -0.496 e. The summed E-state index contributed by atoms with van der Waals surface area (Å²) in [6.45, 7) is 6.56. The average Bonchev–Trinajstić information content (AvgIpc) is 1.88. The Morgan fingerprint density at radius 3 is 1.20 bits per heavy atom. The molecule has 7 N–H and O–H groups in total. The van der Waals surface area contributed by atoms with Crippen molar-refractivity contribution in [3.8, 4) is 23.0 Å². The van der Waals surface area contributed by atoms with E-state index in [1.165, 1.54) is 28.4 Å². The summed E-state index contributed by atoms with van der Waals surface area (Å²) in [5, 5.41) is 13.4. The summed E-state index contributed by atoms with van der Waals surface area (Å²) < 4.78 is 46.4. The van der Waals surface area contributed by atoms with E-state index in [0.29, 0.717) is 130 Å². The first-order valence-electron chi connectivity index (χ1n) is 27.0. The largest absolute Gasteiger partial charge is 0.496 e. The lowest BCUT2D eigenvalue weighted by Crippen LogP contribution is -2.30. The molecule has 1 unspecified atom stereocenters. The van der Waals surface area contributed by atoms with E-state index in [2.05, 4.69) is 36.2 Å². The number of aromatic amines is 3.